The van der Waals surface area contributed by atoms with E-state index < -0.39 is 5.82 Å². The first kappa shape index (κ1) is 18.0. The van der Waals surface area contributed by atoms with E-state index in [1.165, 1.54) is 10.9 Å². The van der Waals surface area contributed by atoms with Crippen molar-refractivity contribution in [1.29, 1.82) is 0 Å². The van der Waals surface area contributed by atoms with Gasteiger partial charge in [-0.1, -0.05) is 18.2 Å². The molecule has 1 aliphatic rings. The zero-order valence-corrected chi connectivity index (χ0v) is 16.5. The lowest BCUT2D eigenvalue weighted by Gasteiger charge is -2.23. The summed E-state index contributed by atoms with van der Waals surface area (Å²) in [6, 6.07) is 8.54. The Hall–Kier alpha value is -3.07. The Labute approximate surface area is 169 Å². The Morgan fingerprint density at radius 2 is 2.24 bits per heavy atom. The van der Waals surface area contributed by atoms with Crippen molar-refractivity contribution in [2.45, 2.75) is 32.4 Å². The van der Waals surface area contributed by atoms with Gasteiger partial charge in [-0.25, -0.2) is 4.39 Å². The number of para-hydroxylation sites is 1. The van der Waals surface area contributed by atoms with E-state index in [0.29, 0.717) is 29.9 Å². The monoisotopic (exact) mass is 411 g/mol. The summed E-state index contributed by atoms with van der Waals surface area (Å²) in [5, 5.41) is 15.3. The quantitative estimate of drug-likeness (QED) is 0.509. The third-order valence-electron chi connectivity index (χ3n) is 5.32. The number of carbonyl (C=O) groups is 1. The molecule has 1 fully saturated rings. The largest absolute Gasteiger partial charge is 0.448 e. The van der Waals surface area contributed by atoms with E-state index in [1.54, 1.807) is 35.3 Å². The van der Waals surface area contributed by atoms with Crippen LogP contribution in [0.1, 0.15) is 29.0 Å². The van der Waals surface area contributed by atoms with E-state index >= 15 is 0 Å². The van der Waals surface area contributed by atoms with Gasteiger partial charge in [0.2, 0.25) is 5.82 Å². The van der Waals surface area contributed by atoms with Crippen molar-refractivity contribution in [2.24, 2.45) is 0 Å². The molecule has 7 nitrogen and oxygen atoms in total. The smallest absolute Gasteiger partial charge is 0.290 e. The number of amides is 1. The van der Waals surface area contributed by atoms with Gasteiger partial charge in [-0.3, -0.25) is 4.79 Å². The van der Waals surface area contributed by atoms with E-state index in [-0.39, 0.29) is 23.3 Å². The van der Waals surface area contributed by atoms with E-state index in [2.05, 4.69) is 15.4 Å². The fourth-order valence-corrected chi connectivity index (χ4v) is 4.50. The molecule has 4 aromatic rings. The van der Waals surface area contributed by atoms with Gasteiger partial charge in [0.1, 0.15) is 0 Å². The highest BCUT2D eigenvalue weighted by Gasteiger charge is 2.33. The summed E-state index contributed by atoms with van der Waals surface area (Å²) in [6.45, 7) is 2.86. The second kappa shape index (κ2) is 7.07. The number of aromatic nitrogens is 4. The summed E-state index contributed by atoms with van der Waals surface area (Å²) >= 11 is 1.55. The second-order valence-corrected chi connectivity index (χ2v) is 8.06. The topological polar surface area (TPSA) is 77.1 Å². The molecule has 9 heteroatoms. The van der Waals surface area contributed by atoms with Crippen LogP contribution in [0.15, 0.2) is 40.1 Å². The van der Waals surface area contributed by atoms with Crippen LogP contribution in [0.3, 0.4) is 0 Å². The number of hydrogen-bond donors (Lipinski definition) is 0. The van der Waals surface area contributed by atoms with Gasteiger partial charge in [0, 0.05) is 17.5 Å². The van der Waals surface area contributed by atoms with Crippen LogP contribution in [-0.2, 0) is 6.54 Å². The van der Waals surface area contributed by atoms with Crippen molar-refractivity contribution < 1.29 is 13.6 Å². The molecule has 0 aliphatic carbocycles. The van der Waals surface area contributed by atoms with Crippen molar-refractivity contribution in [3.05, 3.63) is 52.9 Å². The number of halogens is 1. The van der Waals surface area contributed by atoms with Gasteiger partial charge in [-0.2, -0.15) is 4.80 Å². The summed E-state index contributed by atoms with van der Waals surface area (Å²) in [7, 11) is 0. The average molecular weight is 411 g/mol. The van der Waals surface area contributed by atoms with E-state index in [0.717, 1.165) is 17.7 Å². The number of aryl methyl sites for hydroxylation is 1. The first-order chi connectivity index (χ1) is 14.1. The van der Waals surface area contributed by atoms with Crippen molar-refractivity contribution >= 4 is 28.2 Å². The fraction of sp³-hybridized carbons (Fsp3) is 0.300. The minimum atomic E-state index is -0.462. The van der Waals surface area contributed by atoms with Crippen molar-refractivity contribution in [1.82, 2.24) is 25.1 Å². The van der Waals surface area contributed by atoms with Gasteiger partial charge in [0.15, 0.2) is 17.2 Å². The number of rotatable bonds is 4. The van der Waals surface area contributed by atoms with Gasteiger partial charge < -0.3 is 9.32 Å². The highest BCUT2D eigenvalue weighted by Crippen LogP contribution is 2.30. The maximum Gasteiger partial charge on any atom is 0.290 e. The van der Waals surface area contributed by atoms with Crippen LogP contribution in [0, 0.1) is 12.7 Å². The van der Waals surface area contributed by atoms with Crippen LogP contribution in [0.25, 0.3) is 21.7 Å². The molecule has 5 rings (SSSR count). The molecule has 0 spiro atoms. The highest BCUT2D eigenvalue weighted by atomic mass is 32.1. The summed E-state index contributed by atoms with van der Waals surface area (Å²) in [5.74, 6) is 0.0945. The standard InChI is InChI=1S/C20H18FN5O2S/c1-12-14-6-2-7-15(21)18(14)28-17(12)20(27)25-9-3-5-13(25)11-26-23-19(22-24-26)16-8-4-10-29-16/h2,4,6-8,10,13H,3,5,9,11H2,1H3/t13-/m1/s1. The number of thiophene rings is 1. The zero-order chi connectivity index (χ0) is 20.0. The molecule has 1 aliphatic heterocycles. The first-order valence-electron chi connectivity index (χ1n) is 9.42. The Balaban J connectivity index is 1.39. The fourth-order valence-electron chi connectivity index (χ4n) is 3.85. The third-order valence-corrected chi connectivity index (χ3v) is 6.18. The molecule has 1 aromatic carbocycles. The lowest BCUT2D eigenvalue weighted by molar-refractivity contribution is 0.0686. The number of tetrazole rings is 1. The molecular weight excluding hydrogens is 393 g/mol. The zero-order valence-electron chi connectivity index (χ0n) is 15.7. The van der Waals surface area contributed by atoms with Crippen LogP contribution < -0.4 is 0 Å². The third kappa shape index (κ3) is 3.11. The second-order valence-electron chi connectivity index (χ2n) is 7.11. The van der Waals surface area contributed by atoms with E-state index in [4.69, 9.17) is 4.42 Å². The SMILES string of the molecule is Cc1c(C(=O)N2CCC[C@@H]2Cn2nnc(-c3cccs3)n2)oc2c(F)cccc12. The van der Waals surface area contributed by atoms with Crippen molar-refractivity contribution in [3.63, 3.8) is 0 Å². The lowest BCUT2D eigenvalue weighted by Crippen LogP contribution is -2.38. The average Bonchev–Trinajstić information content (AvgIpc) is 3.49. The molecule has 0 unspecified atom stereocenters. The number of nitrogens with zero attached hydrogens (tertiary/aromatic N) is 5. The predicted molar refractivity (Wildman–Crippen MR) is 106 cm³/mol. The van der Waals surface area contributed by atoms with Gasteiger partial charge in [-0.15, -0.1) is 21.5 Å². The maximum absolute atomic E-state index is 14.1. The first-order valence-corrected chi connectivity index (χ1v) is 10.3. The summed E-state index contributed by atoms with van der Waals surface area (Å²) in [5.41, 5.74) is 0.789. The van der Waals surface area contributed by atoms with Crippen LogP contribution in [0.4, 0.5) is 4.39 Å². The minimum absolute atomic E-state index is 0.0645. The summed E-state index contributed by atoms with van der Waals surface area (Å²) < 4.78 is 19.7. The molecule has 4 heterocycles. The molecule has 0 saturated carbocycles. The molecule has 1 saturated heterocycles. The van der Waals surface area contributed by atoms with Crippen LogP contribution >= 0.6 is 11.3 Å². The summed E-state index contributed by atoms with van der Waals surface area (Å²) in [4.78, 5) is 17.5. The molecule has 1 atom stereocenters. The van der Waals surface area contributed by atoms with Crippen LogP contribution in [0.5, 0.6) is 0 Å². The Bertz CT molecular complexity index is 1180. The van der Waals surface area contributed by atoms with Gasteiger partial charge in [-0.05, 0) is 42.5 Å². The predicted octanol–water partition coefficient (Wildman–Crippen LogP) is 3.90. The number of furan rings is 1. The molecule has 1 amide bonds. The molecule has 148 valence electrons. The Morgan fingerprint density at radius 1 is 1.34 bits per heavy atom. The molecule has 3 aromatic heterocycles. The number of likely N-dealkylation sites (tertiary alicyclic amines) is 1. The van der Waals surface area contributed by atoms with Crippen LogP contribution in [-0.4, -0.2) is 43.6 Å². The number of fused-ring (bicyclic) bond motifs is 1. The number of hydrogen-bond acceptors (Lipinski definition) is 6. The molecule has 0 bridgehead atoms. The van der Waals surface area contributed by atoms with Gasteiger partial charge in [0.05, 0.1) is 17.5 Å². The molecule has 0 N–H and O–H groups in total. The minimum Gasteiger partial charge on any atom is -0.448 e. The Kier molecular flexibility index (Phi) is 4.39. The Morgan fingerprint density at radius 3 is 3.03 bits per heavy atom. The maximum atomic E-state index is 14.1. The number of benzene rings is 1. The molecule has 0 radical (unpaired) electrons. The summed E-state index contributed by atoms with van der Waals surface area (Å²) in [6.07, 6.45) is 1.73. The van der Waals surface area contributed by atoms with Crippen molar-refractivity contribution in [3.8, 4) is 10.7 Å². The van der Waals surface area contributed by atoms with Crippen LogP contribution in [0.2, 0.25) is 0 Å². The van der Waals surface area contributed by atoms with Crippen molar-refractivity contribution in [2.75, 3.05) is 6.54 Å². The highest BCUT2D eigenvalue weighted by molar-refractivity contribution is 7.13. The molecule has 29 heavy (non-hydrogen) atoms. The van der Waals surface area contributed by atoms with Gasteiger partial charge >= 0.3 is 0 Å². The van der Waals surface area contributed by atoms with E-state index in [1.807, 2.05) is 17.5 Å². The molecular formula is C20H18FN5O2S. The normalized spacial score (nSPS) is 16.8. The van der Waals surface area contributed by atoms with Gasteiger partial charge in [0.25, 0.3) is 5.91 Å². The van der Waals surface area contributed by atoms with E-state index in [9.17, 15) is 9.18 Å². The lowest BCUT2D eigenvalue weighted by atomic mass is 10.1. The number of carbonyl (C=O) groups excluding carboxylic acids is 1.